The topological polar surface area (TPSA) is 56.1 Å². The number of carbonyl (C=O) groups is 1. The number of aromatic nitrogens is 2. The van der Waals surface area contributed by atoms with Crippen molar-refractivity contribution in [3.8, 4) is 5.75 Å². The van der Waals surface area contributed by atoms with E-state index in [1.54, 1.807) is 28.9 Å². The Bertz CT molecular complexity index is 907. The molecule has 1 heterocycles. The second kappa shape index (κ2) is 8.25. The van der Waals surface area contributed by atoms with Crippen LogP contribution >= 0.6 is 23.2 Å². The zero-order valence-electron chi connectivity index (χ0n) is 14.1. The number of nitrogens with one attached hydrogen (secondary N) is 1. The third-order valence-electron chi connectivity index (χ3n) is 3.65. The average molecular weight is 390 g/mol. The van der Waals surface area contributed by atoms with Gasteiger partial charge in [-0.05, 0) is 48.9 Å². The molecule has 3 aromatic rings. The van der Waals surface area contributed by atoms with Crippen LogP contribution in [0.4, 0.5) is 5.82 Å². The van der Waals surface area contributed by atoms with Crippen LogP contribution in [0.1, 0.15) is 11.3 Å². The summed E-state index contributed by atoms with van der Waals surface area (Å²) in [4.78, 5) is 12.0. The fourth-order valence-corrected chi connectivity index (χ4v) is 2.74. The number of anilines is 1. The first-order chi connectivity index (χ1) is 12.5. The molecule has 3 rings (SSSR count). The number of aryl methyl sites for hydroxylation is 1. The molecule has 0 spiro atoms. The summed E-state index contributed by atoms with van der Waals surface area (Å²) in [7, 11) is 0. The third kappa shape index (κ3) is 5.00. The normalized spacial score (nSPS) is 10.6. The molecule has 0 bridgehead atoms. The van der Waals surface area contributed by atoms with Crippen LogP contribution in [0.3, 0.4) is 0 Å². The van der Waals surface area contributed by atoms with Gasteiger partial charge in [0.2, 0.25) is 0 Å². The Morgan fingerprint density at radius 1 is 1.12 bits per heavy atom. The minimum absolute atomic E-state index is 0.109. The van der Waals surface area contributed by atoms with Crippen molar-refractivity contribution in [3.05, 3.63) is 75.9 Å². The molecule has 0 fully saturated rings. The average Bonchev–Trinajstić information content (AvgIpc) is 2.93. The minimum Gasteiger partial charge on any atom is -0.484 e. The highest BCUT2D eigenvalue weighted by atomic mass is 35.5. The highest BCUT2D eigenvalue weighted by Gasteiger charge is 2.09. The van der Waals surface area contributed by atoms with Crippen molar-refractivity contribution < 1.29 is 9.53 Å². The van der Waals surface area contributed by atoms with Crippen molar-refractivity contribution in [2.75, 3.05) is 11.9 Å². The van der Waals surface area contributed by atoms with E-state index in [0.29, 0.717) is 28.2 Å². The van der Waals surface area contributed by atoms with E-state index in [4.69, 9.17) is 27.9 Å². The van der Waals surface area contributed by atoms with Crippen LogP contribution in [0, 0.1) is 6.92 Å². The quantitative estimate of drug-likeness (QED) is 0.671. The fourth-order valence-electron chi connectivity index (χ4n) is 2.40. The maximum Gasteiger partial charge on any atom is 0.263 e. The number of amides is 1. The Balaban J connectivity index is 1.58. The number of rotatable bonds is 6. The molecule has 1 N–H and O–H groups in total. The lowest BCUT2D eigenvalue weighted by atomic mass is 10.2. The van der Waals surface area contributed by atoms with Crippen LogP contribution in [-0.2, 0) is 11.3 Å². The smallest absolute Gasteiger partial charge is 0.263 e. The molecule has 7 heteroatoms. The molecule has 0 unspecified atom stereocenters. The predicted molar refractivity (Wildman–Crippen MR) is 103 cm³/mol. The van der Waals surface area contributed by atoms with Gasteiger partial charge in [0, 0.05) is 21.8 Å². The molecule has 0 aliphatic carbocycles. The number of benzene rings is 2. The largest absolute Gasteiger partial charge is 0.484 e. The maximum absolute atomic E-state index is 12.0. The molecule has 0 aliphatic rings. The van der Waals surface area contributed by atoms with Gasteiger partial charge in [-0.25, -0.2) is 0 Å². The zero-order valence-corrected chi connectivity index (χ0v) is 15.6. The number of carbonyl (C=O) groups excluding carboxylic acids is 1. The van der Waals surface area contributed by atoms with Crippen molar-refractivity contribution in [1.29, 1.82) is 0 Å². The van der Waals surface area contributed by atoms with Gasteiger partial charge in [0.25, 0.3) is 5.91 Å². The van der Waals surface area contributed by atoms with Gasteiger partial charge in [-0.15, -0.1) is 0 Å². The standard InChI is InChI=1S/C19H17Cl2N3O2/c1-13-9-18(23-24(13)11-14-3-2-4-16(21)10-14)22-19(25)12-26-17-7-5-15(20)6-8-17/h2-10H,11-12H2,1H3,(H,22,23,25). The summed E-state index contributed by atoms with van der Waals surface area (Å²) in [5, 5.41) is 8.44. The Morgan fingerprint density at radius 3 is 2.62 bits per heavy atom. The van der Waals surface area contributed by atoms with Crippen LogP contribution in [0.2, 0.25) is 10.0 Å². The molecular weight excluding hydrogens is 373 g/mol. The summed E-state index contributed by atoms with van der Waals surface area (Å²) in [6, 6.07) is 16.2. The summed E-state index contributed by atoms with van der Waals surface area (Å²) in [5.41, 5.74) is 1.96. The van der Waals surface area contributed by atoms with E-state index >= 15 is 0 Å². The monoisotopic (exact) mass is 389 g/mol. The molecular formula is C19H17Cl2N3O2. The molecule has 2 aromatic carbocycles. The van der Waals surface area contributed by atoms with E-state index in [-0.39, 0.29) is 12.5 Å². The van der Waals surface area contributed by atoms with Gasteiger partial charge in [0.15, 0.2) is 12.4 Å². The van der Waals surface area contributed by atoms with Crippen LogP contribution in [0.25, 0.3) is 0 Å². The third-order valence-corrected chi connectivity index (χ3v) is 4.14. The van der Waals surface area contributed by atoms with Crippen molar-refractivity contribution in [3.63, 3.8) is 0 Å². The molecule has 1 amide bonds. The van der Waals surface area contributed by atoms with Crippen molar-refractivity contribution in [2.45, 2.75) is 13.5 Å². The van der Waals surface area contributed by atoms with Crippen LogP contribution in [-0.4, -0.2) is 22.3 Å². The predicted octanol–water partition coefficient (Wildman–Crippen LogP) is 4.56. The molecule has 0 radical (unpaired) electrons. The molecule has 0 saturated carbocycles. The van der Waals surface area contributed by atoms with Gasteiger partial charge >= 0.3 is 0 Å². The van der Waals surface area contributed by atoms with Crippen LogP contribution < -0.4 is 10.1 Å². The first kappa shape index (κ1) is 18.3. The Labute approximate surface area is 161 Å². The highest BCUT2D eigenvalue weighted by Crippen LogP contribution is 2.16. The Hall–Kier alpha value is -2.50. The Kier molecular flexibility index (Phi) is 5.81. The summed E-state index contributed by atoms with van der Waals surface area (Å²) >= 11 is 11.8. The summed E-state index contributed by atoms with van der Waals surface area (Å²) < 4.78 is 7.23. The van der Waals surface area contributed by atoms with Crippen LogP contribution in [0.5, 0.6) is 5.75 Å². The summed E-state index contributed by atoms with van der Waals surface area (Å²) in [6.45, 7) is 2.39. The Morgan fingerprint density at radius 2 is 1.88 bits per heavy atom. The van der Waals surface area contributed by atoms with Crippen molar-refractivity contribution >= 4 is 34.9 Å². The molecule has 1 aromatic heterocycles. The molecule has 0 aliphatic heterocycles. The molecule has 26 heavy (non-hydrogen) atoms. The number of nitrogens with zero attached hydrogens (tertiary/aromatic N) is 2. The van der Waals surface area contributed by atoms with Crippen molar-refractivity contribution in [2.24, 2.45) is 0 Å². The first-order valence-electron chi connectivity index (χ1n) is 7.97. The molecule has 5 nitrogen and oxygen atoms in total. The second-order valence-corrected chi connectivity index (χ2v) is 6.62. The minimum atomic E-state index is -0.285. The van der Waals surface area contributed by atoms with Crippen LogP contribution in [0.15, 0.2) is 54.6 Å². The summed E-state index contributed by atoms with van der Waals surface area (Å²) in [5.74, 6) is 0.772. The number of halogens is 2. The molecule has 0 saturated heterocycles. The number of hydrogen-bond acceptors (Lipinski definition) is 3. The first-order valence-corrected chi connectivity index (χ1v) is 8.72. The van der Waals surface area contributed by atoms with E-state index in [2.05, 4.69) is 10.4 Å². The maximum atomic E-state index is 12.0. The fraction of sp³-hybridized carbons (Fsp3) is 0.158. The lowest BCUT2D eigenvalue weighted by Gasteiger charge is -2.06. The van der Waals surface area contributed by atoms with Gasteiger partial charge in [-0.3, -0.25) is 9.48 Å². The van der Waals surface area contributed by atoms with Crippen molar-refractivity contribution in [1.82, 2.24) is 9.78 Å². The summed E-state index contributed by atoms with van der Waals surface area (Å²) in [6.07, 6.45) is 0. The SMILES string of the molecule is Cc1cc(NC(=O)COc2ccc(Cl)cc2)nn1Cc1cccc(Cl)c1. The van der Waals surface area contributed by atoms with E-state index in [9.17, 15) is 4.79 Å². The lowest BCUT2D eigenvalue weighted by Crippen LogP contribution is -2.20. The highest BCUT2D eigenvalue weighted by molar-refractivity contribution is 6.30. The number of ether oxygens (including phenoxy) is 1. The number of hydrogen-bond donors (Lipinski definition) is 1. The van der Waals surface area contributed by atoms with E-state index in [1.807, 2.05) is 37.3 Å². The van der Waals surface area contributed by atoms with Gasteiger partial charge in [-0.2, -0.15) is 5.10 Å². The second-order valence-electron chi connectivity index (χ2n) is 5.75. The zero-order chi connectivity index (χ0) is 18.5. The lowest BCUT2D eigenvalue weighted by molar-refractivity contribution is -0.118. The van der Waals surface area contributed by atoms with Gasteiger partial charge in [0.1, 0.15) is 5.75 Å². The van der Waals surface area contributed by atoms with Gasteiger partial charge in [-0.1, -0.05) is 35.3 Å². The van der Waals surface area contributed by atoms with E-state index < -0.39 is 0 Å². The van der Waals surface area contributed by atoms with E-state index in [0.717, 1.165) is 11.3 Å². The molecule has 134 valence electrons. The van der Waals surface area contributed by atoms with Gasteiger partial charge < -0.3 is 10.1 Å². The van der Waals surface area contributed by atoms with Gasteiger partial charge in [0.05, 0.1) is 6.54 Å². The van der Waals surface area contributed by atoms with E-state index in [1.165, 1.54) is 0 Å². The molecule has 0 atom stereocenters.